The van der Waals surface area contributed by atoms with Gasteiger partial charge in [0.25, 0.3) is 5.91 Å². The third-order valence-electron chi connectivity index (χ3n) is 3.36. The third kappa shape index (κ3) is 4.63. The van der Waals surface area contributed by atoms with Gasteiger partial charge in [-0.1, -0.05) is 0 Å². The molecule has 25 heavy (non-hydrogen) atoms. The molecule has 132 valence electrons. The van der Waals surface area contributed by atoms with Crippen LogP contribution in [0.2, 0.25) is 0 Å². The SMILES string of the molecule is COc1ccc(OC)c(NC(=O)COc2ccc(C=O)cc2OC)c1. The highest BCUT2D eigenvalue weighted by atomic mass is 16.5. The van der Waals surface area contributed by atoms with Crippen molar-refractivity contribution in [1.82, 2.24) is 0 Å². The van der Waals surface area contributed by atoms with Crippen molar-refractivity contribution in [1.29, 1.82) is 0 Å². The number of carbonyl (C=O) groups is 2. The average Bonchev–Trinajstić information content (AvgIpc) is 2.66. The van der Waals surface area contributed by atoms with E-state index in [0.717, 1.165) is 0 Å². The van der Waals surface area contributed by atoms with E-state index in [2.05, 4.69) is 5.32 Å². The Kier molecular flexibility index (Phi) is 6.22. The molecule has 0 aromatic heterocycles. The van der Waals surface area contributed by atoms with Crippen molar-refractivity contribution in [3.05, 3.63) is 42.0 Å². The lowest BCUT2D eigenvalue weighted by Crippen LogP contribution is -2.20. The summed E-state index contributed by atoms with van der Waals surface area (Å²) in [6.45, 7) is -0.239. The average molecular weight is 345 g/mol. The Morgan fingerprint density at radius 3 is 2.32 bits per heavy atom. The summed E-state index contributed by atoms with van der Waals surface area (Å²) in [5.41, 5.74) is 0.925. The molecular formula is C18H19NO6. The highest BCUT2D eigenvalue weighted by Crippen LogP contribution is 2.30. The van der Waals surface area contributed by atoms with Gasteiger partial charge < -0.3 is 24.3 Å². The van der Waals surface area contributed by atoms with E-state index in [-0.39, 0.29) is 12.5 Å². The van der Waals surface area contributed by atoms with Gasteiger partial charge in [0.05, 0.1) is 27.0 Å². The zero-order valence-corrected chi connectivity index (χ0v) is 14.2. The molecule has 0 aliphatic heterocycles. The minimum Gasteiger partial charge on any atom is -0.497 e. The fourth-order valence-corrected chi connectivity index (χ4v) is 2.12. The first-order valence-electron chi connectivity index (χ1n) is 7.39. The second-order valence-corrected chi connectivity index (χ2v) is 4.93. The van der Waals surface area contributed by atoms with E-state index in [9.17, 15) is 9.59 Å². The van der Waals surface area contributed by atoms with Crippen LogP contribution in [0.25, 0.3) is 0 Å². The summed E-state index contributed by atoms with van der Waals surface area (Å²) in [6, 6.07) is 9.75. The second kappa shape index (κ2) is 8.58. The van der Waals surface area contributed by atoms with Gasteiger partial charge in [-0.05, 0) is 30.3 Å². The summed E-state index contributed by atoms with van der Waals surface area (Å²) < 4.78 is 21.0. The number of aldehydes is 1. The number of anilines is 1. The van der Waals surface area contributed by atoms with E-state index >= 15 is 0 Å². The highest BCUT2D eigenvalue weighted by molar-refractivity contribution is 5.93. The molecule has 0 bridgehead atoms. The van der Waals surface area contributed by atoms with Crippen molar-refractivity contribution in [2.45, 2.75) is 0 Å². The fraction of sp³-hybridized carbons (Fsp3) is 0.222. The van der Waals surface area contributed by atoms with Crippen molar-refractivity contribution in [3.63, 3.8) is 0 Å². The molecule has 1 N–H and O–H groups in total. The molecule has 0 saturated carbocycles. The molecule has 0 atom stereocenters. The molecule has 0 heterocycles. The molecule has 1 amide bonds. The Labute approximate surface area is 145 Å². The summed E-state index contributed by atoms with van der Waals surface area (Å²) in [6.07, 6.45) is 0.702. The Morgan fingerprint density at radius 1 is 0.960 bits per heavy atom. The van der Waals surface area contributed by atoms with Crippen LogP contribution >= 0.6 is 0 Å². The Hall–Kier alpha value is -3.22. The summed E-state index contributed by atoms with van der Waals surface area (Å²) in [4.78, 5) is 22.9. The first-order chi connectivity index (χ1) is 12.1. The summed E-state index contributed by atoms with van der Waals surface area (Å²) in [7, 11) is 4.50. The first kappa shape index (κ1) is 18.1. The number of nitrogens with one attached hydrogen (secondary N) is 1. The molecule has 7 heteroatoms. The van der Waals surface area contributed by atoms with Gasteiger partial charge in [-0.2, -0.15) is 0 Å². The first-order valence-corrected chi connectivity index (χ1v) is 7.39. The maximum atomic E-state index is 12.1. The topological polar surface area (TPSA) is 83.1 Å². The van der Waals surface area contributed by atoms with Gasteiger partial charge in [0, 0.05) is 11.6 Å². The van der Waals surface area contributed by atoms with Gasteiger partial charge in [0.15, 0.2) is 18.1 Å². The highest BCUT2D eigenvalue weighted by Gasteiger charge is 2.12. The third-order valence-corrected chi connectivity index (χ3v) is 3.36. The molecule has 7 nitrogen and oxygen atoms in total. The quantitative estimate of drug-likeness (QED) is 0.740. The molecule has 0 unspecified atom stereocenters. The summed E-state index contributed by atoms with van der Waals surface area (Å²) >= 11 is 0. The predicted molar refractivity (Wildman–Crippen MR) is 92.1 cm³/mol. The van der Waals surface area contributed by atoms with E-state index < -0.39 is 0 Å². The molecule has 2 aromatic carbocycles. The second-order valence-electron chi connectivity index (χ2n) is 4.93. The van der Waals surface area contributed by atoms with E-state index in [1.165, 1.54) is 27.4 Å². The van der Waals surface area contributed by atoms with Gasteiger partial charge >= 0.3 is 0 Å². The lowest BCUT2D eigenvalue weighted by Gasteiger charge is -2.13. The van der Waals surface area contributed by atoms with Gasteiger partial charge in [-0.15, -0.1) is 0 Å². The van der Waals surface area contributed by atoms with Crippen molar-refractivity contribution < 1.29 is 28.5 Å². The van der Waals surface area contributed by atoms with Crippen LogP contribution in [0.15, 0.2) is 36.4 Å². The molecule has 0 aliphatic carbocycles. The maximum Gasteiger partial charge on any atom is 0.262 e. The Bertz CT molecular complexity index is 759. The molecule has 0 radical (unpaired) electrons. The number of amides is 1. The lowest BCUT2D eigenvalue weighted by molar-refractivity contribution is -0.118. The zero-order valence-electron chi connectivity index (χ0n) is 14.2. The largest absolute Gasteiger partial charge is 0.497 e. The van der Waals surface area contributed by atoms with Crippen molar-refractivity contribution in [3.8, 4) is 23.0 Å². The molecule has 0 fully saturated rings. The van der Waals surface area contributed by atoms with Crippen molar-refractivity contribution in [2.75, 3.05) is 33.3 Å². The monoisotopic (exact) mass is 345 g/mol. The number of ether oxygens (including phenoxy) is 4. The van der Waals surface area contributed by atoms with Crippen LogP contribution in [0, 0.1) is 0 Å². The summed E-state index contributed by atoms with van der Waals surface area (Å²) in [5.74, 6) is 1.44. The van der Waals surface area contributed by atoms with Crippen LogP contribution in [0.3, 0.4) is 0 Å². The fourth-order valence-electron chi connectivity index (χ4n) is 2.12. The van der Waals surface area contributed by atoms with Crippen molar-refractivity contribution in [2.24, 2.45) is 0 Å². The van der Waals surface area contributed by atoms with Crippen LogP contribution in [0.5, 0.6) is 23.0 Å². The minimum atomic E-state index is -0.381. The molecule has 0 saturated heterocycles. The maximum absolute atomic E-state index is 12.1. The Morgan fingerprint density at radius 2 is 1.68 bits per heavy atom. The van der Waals surface area contributed by atoms with Crippen LogP contribution in [-0.4, -0.2) is 40.1 Å². The van der Waals surface area contributed by atoms with Gasteiger partial charge in [-0.25, -0.2) is 0 Å². The van der Waals surface area contributed by atoms with Crippen LogP contribution in [-0.2, 0) is 4.79 Å². The van der Waals surface area contributed by atoms with Crippen LogP contribution in [0.1, 0.15) is 10.4 Å². The van der Waals surface area contributed by atoms with Crippen LogP contribution in [0.4, 0.5) is 5.69 Å². The normalized spacial score (nSPS) is 9.88. The molecule has 0 spiro atoms. The number of hydrogen-bond donors (Lipinski definition) is 1. The number of carbonyl (C=O) groups excluding carboxylic acids is 2. The molecular weight excluding hydrogens is 326 g/mol. The van der Waals surface area contributed by atoms with Gasteiger partial charge in [-0.3, -0.25) is 9.59 Å². The van der Waals surface area contributed by atoms with Gasteiger partial charge in [0.2, 0.25) is 0 Å². The van der Waals surface area contributed by atoms with E-state index in [0.29, 0.717) is 40.5 Å². The molecule has 0 aliphatic rings. The predicted octanol–water partition coefficient (Wildman–Crippen LogP) is 2.54. The molecule has 2 rings (SSSR count). The van der Waals surface area contributed by atoms with Gasteiger partial charge in [0.1, 0.15) is 17.8 Å². The number of hydrogen-bond acceptors (Lipinski definition) is 6. The van der Waals surface area contributed by atoms with E-state index in [1.807, 2.05) is 0 Å². The Balaban J connectivity index is 2.05. The summed E-state index contributed by atoms with van der Waals surface area (Å²) in [5, 5.41) is 2.70. The molecule has 2 aromatic rings. The van der Waals surface area contributed by atoms with E-state index in [1.54, 1.807) is 30.3 Å². The van der Waals surface area contributed by atoms with Crippen molar-refractivity contribution >= 4 is 17.9 Å². The standard InChI is InChI=1S/C18H19NO6/c1-22-13-5-7-15(23-2)14(9-13)19-18(21)11-25-16-6-4-12(10-20)8-17(16)24-3/h4-10H,11H2,1-3H3,(H,19,21). The van der Waals surface area contributed by atoms with Crippen LogP contribution < -0.4 is 24.3 Å². The number of rotatable bonds is 8. The lowest BCUT2D eigenvalue weighted by atomic mass is 10.2. The van der Waals surface area contributed by atoms with E-state index in [4.69, 9.17) is 18.9 Å². The number of methoxy groups -OCH3 is 3. The smallest absolute Gasteiger partial charge is 0.262 e. The number of benzene rings is 2. The zero-order chi connectivity index (χ0) is 18.2. The minimum absolute atomic E-state index is 0.239.